The van der Waals surface area contributed by atoms with Gasteiger partial charge in [-0.25, -0.2) is 20.0 Å². The molecule has 0 heterocycles. The average Bonchev–Trinajstić information content (AvgIpc) is 2.90. The molecule has 0 aliphatic heterocycles. The molecule has 2 amide bonds. The van der Waals surface area contributed by atoms with E-state index in [-0.39, 0.29) is 13.2 Å². The van der Waals surface area contributed by atoms with Crippen LogP contribution in [0.3, 0.4) is 0 Å². The Morgan fingerprint density at radius 2 is 1.37 bits per heavy atom. The van der Waals surface area contributed by atoms with E-state index in [0.717, 1.165) is 16.7 Å². The number of benzene rings is 3. The van der Waals surface area contributed by atoms with Crippen LogP contribution in [0.1, 0.15) is 37.5 Å². The molecule has 0 aromatic heterocycles. The van der Waals surface area contributed by atoms with Gasteiger partial charge in [-0.1, -0.05) is 91.0 Å². The number of carbonyl (C=O) groups excluding carboxylic acids is 2. The molecule has 0 fully saturated rings. The lowest BCUT2D eigenvalue weighted by Crippen LogP contribution is -2.54. The van der Waals surface area contributed by atoms with Gasteiger partial charge in [-0.05, 0) is 43.9 Å². The molecule has 8 nitrogen and oxygen atoms in total. The Morgan fingerprint density at radius 1 is 0.842 bits per heavy atom. The molecule has 3 aromatic carbocycles. The van der Waals surface area contributed by atoms with Crippen molar-refractivity contribution in [1.82, 2.24) is 15.8 Å². The van der Waals surface area contributed by atoms with E-state index < -0.39 is 29.9 Å². The molecule has 0 unspecified atom stereocenters. The number of aliphatic hydroxyl groups excluding tert-OH is 1. The number of aliphatic hydroxyl groups is 1. The van der Waals surface area contributed by atoms with E-state index in [1.165, 1.54) is 5.01 Å². The summed E-state index contributed by atoms with van der Waals surface area (Å²) in [7, 11) is 0. The topological polar surface area (TPSA) is 100 Å². The summed E-state index contributed by atoms with van der Waals surface area (Å²) in [6.07, 6.45) is -2.08. The number of hydrogen-bond donors (Lipinski definition) is 3. The fourth-order valence-corrected chi connectivity index (χ4v) is 3.68. The van der Waals surface area contributed by atoms with Gasteiger partial charge in [0.05, 0.1) is 18.7 Å². The van der Waals surface area contributed by atoms with Gasteiger partial charge in [-0.2, -0.15) is 0 Å². The van der Waals surface area contributed by atoms with Crippen molar-refractivity contribution in [2.24, 2.45) is 0 Å². The first-order valence-corrected chi connectivity index (χ1v) is 12.7. The van der Waals surface area contributed by atoms with Gasteiger partial charge in [-0.3, -0.25) is 0 Å². The van der Waals surface area contributed by atoms with E-state index >= 15 is 0 Å². The first kappa shape index (κ1) is 28.7. The number of hydrazine groups is 1. The summed E-state index contributed by atoms with van der Waals surface area (Å²) in [6, 6.07) is 27.7. The quantitative estimate of drug-likeness (QED) is 0.314. The van der Waals surface area contributed by atoms with Crippen molar-refractivity contribution in [1.29, 1.82) is 0 Å². The van der Waals surface area contributed by atoms with Crippen molar-refractivity contribution in [3.63, 3.8) is 0 Å². The molecule has 0 saturated carbocycles. The minimum Gasteiger partial charge on any atom is -0.445 e. The Hall–Kier alpha value is -3.88. The molecule has 0 bridgehead atoms. The molecule has 8 heteroatoms. The van der Waals surface area contributed by atoms with E-state index in [1.54, 1.807) is 20.8 Å². The highest BCUT2D eigenvalue weighted by atomic mass is 16.6. The number of alkyl carbamates (subject to hydrolysis) is 1. The normalized spacial score (nSPS) is 12.7. The molecular formula is C30H37N3O5. The maximum absolute atomic E-state index is 13.0. The third-order valence-electron chi connectivity index (χ3n) is 5.58. The van der Waals surface area contributed by atoms with Gasteiger partial charge in [-0.15, -0.1) is 0 Å². The van der Waals surface area contributed by atoms with Gasteiger partial charge >= 0.3 is 12.2 Å². The SMILES string of the molecule is CC(C)(C)OC(=O)N(C[C@H](O)[C@H](Cc1ccccc1)NC(=O)OCc1ccccc1)NCc1ccccc1. The summed E-state index contributed by atoms with van der Waals surface area (Å²) in [5.74, 6) is 0. The minimum atomic E-state index is -1.13. The van der Waals surface area contributed by atoms with Crippen LogP contribution in [0.2, 0.25) is 0 Å². The minimum absolute atomic E-state index is 0.101. The molecule has 3 rings (SSSR count). The Bertz CT molecular complexity index is 1120. The summed E-state index contributed by atoms with van der Waals surface area (Å²) in [4.78, 5) is 25.7. The molecule has 202 valence electrons. The largest absolute Gasteiger partial charge is 0.445 e. The molecule has 0 spiro atoms. The van der Waals surface area contributed by atoms with Crippen LogP contribution in [-0.2, 0) is 29.0 Å². The van der Waals surface area contributed by atoms with E-state index in [4.69, 9.17) is 9.47 Å². The van der Waals surface area contributed by atoms with Crippen molar-refractivity contribution in [3.05, 3.63) is 108 Å². The second-order valence-electron chi connectivity index (χ2n) is 9.98. The van der Waals surface area contributed by atoms with Crippen molar-refractivity contribution in [2.45, 2.75) is 58.1 Å². The summed E-state index contributed by atoms with van der Waals surface area (Å²) >= 11 is 0. The summed E-state index contributed by atoms with van der Waals surface area (Å²) < 4.78 is 10.9. The molecule has 3 N–H and O–H groups in total. The highest BCUT2D eigenvalue weighted by Gasteiger charge is 2.29. The summed E-state index contributed by atoms with van der Waals surface area (Å²) in [5, 5.41) is 15.3. The maximum Gasteiger partial charge on any atom is 0.424 e. The lowest BCUT2D eigenvalue weighted by Gasteiger charge is -2.32. The van der Waals surface area contributed by atoms with Crippen molar-refractivity contribution >= 4 is 12.2 Å². The highest BCUT2D eigenvalue weighted by Crippen LogP contribution is 2.13. The fourth-order valence-electron chi connectivity index (χ4n) is 3.68. The van der Waals surface area contributed by atoms with E-state index in [0.29, 0.717) is 13.0 Å². The Labute approximate surface area is 224 Å². The fraction of sp³-hybridized carbons (Fsp3) is 0.333. The lowest BCUT2D eigenvalue weighted by atomic mass is 10.0. The molecule has 3 aromatic rings. The highest BCUT2D eigenvalue weighted by molar-refractivity contribution is 5.68. The van der Waals surface area contributed by atoms with E-state index in [1.807, 2.05) is 91.0 Å². The van der Waals surface area contributed by atoms with Gasteiger partial charge in [0.25, 0.3) is 0 Å². The third-order valence-corrected chi connectivity index (χ3v) is 5.58. The van der Waals surface area contributed by atoms with E-state index in [2.05, 4.69) is 10.7 Å². The monoisotopic (exact) mass is 519 g/mol. The van der Waals surface area contributed by atoms with E-state index in [9.17, 15) is 14.7 Å². The first-order valence-electron chi connectivity index (χ1n) is 12.7. The van der Waals surface area contributed by atoms with Gasteiger partial charge in [0.2, 0.25) is 0 Å². The number of nitrogens with zero attached hydrogens (tertiary/aromatic N) is 1. The molecular weight excluding hydrogens is 482 g/mol. The molecule has 0 saturated heterocycles. The van der Waals surface area contributed by atoms with Crippen LogP contribution in [0.15, 0.2) is 91.0 Å². The van der Waals surface area contributed by atoms with Crippen molar-refractivity contribution in [2.75, 3.05) is 6.54 Å². The summed E-state index contributed by atoms with van der Waals surface area (Å²) in [6.45, 7) is 5.65. The zero-order chi connectivity index (χ0) is 27.4. The molecule has 0 aliphatic rings. The van der Waals surface area contributed by atoms with Crippen molar-refractivity contribution in [3.8, 4) is 0 Å². The number of ether oxygens (including phenoxy) is 2. The third kappa shape index (κ3) is 10.2. The Kier molecular flexibility index (Phi) is 10.7. The number of hydrogen-bond acceptors (Lipinski definition) is 6. The predicted molar refractivity (Wildman–Crippen MR) is 146 cm³/mol. The molecule has 0 aliphatic carbocycles. The van der Waals surface area contributed by atoms with Crippen LogP contribution in [0, 0.1) is 0 Å². The predicted octanol–water partition coefficient (Wildman–Crippen LogP) is 4.83. The molecule has 0 radical (unpaired) electrons. The first-order chi connectivity index (χ1) is 18.2. The van der Waals surface area contributed by atoms with Crippen LogP contribution < -0.4 is 10.7 Å². The Morgan fingerprint density at radius 3 is 1.92 bits per heavy atom. The second-order valence-corrected chi connectivity index (χ2v) is 9.98. The number of nitrogens with one attached hydrogen (secondary N) is 2. The zero-order valence-electron chi connectivity index (χ0n) is 22.2. The van der Waals surface area contributed by atoms with Crippen LogP contribution in [0.25, 0.3) is 0 Å². The van der Waals surface area contributed by atoms with Crippen molar-refractivity contribution < 1.29 is 24.2 Å². The van der Waals surface area contributed by atoms with Gasteiger partial charge in [0, 0.05) is 6.54 Å². The lowest BCUT2D eigenvalue weighted by molar-refractivity contribution is -0.00451. The summed E-state index contributed by atoms with van der Waals surface area (Å²) in [5.41, 5.74) is 5.06. The average molecular weight is 520 g/mol. The molecule has 2 atom stereocenters. The van der Waals surface area contributed by atoms with Crippen LogP contribution in [-0.4, -0.2) is 46.6 Å². The zero-order valence-corrected chi connectivity index (χ0v) is 22.2. The maximum atomic E-state index is 13.0. The number of amides is 2. The second kappa shape index (κ2) is 14.2. The van der Waals surface area contributed by atoms with Gasteiger partial charge in [0.1, 0.15) is 12.2 Å². The van der Waals surface area contributed by atoms with Crippen LogP contribution >= 0.6 is 0 Å². The smallest absolute Gasteiger partial charge is 0.424 e. The standard InChI is InChI=1S/C30H37N3O5/c1-30(2,3)38-29(36)33(31-20-24-15-9-5-10-16-24)21-27(34)26(19-23-13-7-4-8-14-23)32-28(35)37-22-25-17-11-6-12-18-25/h4-18,26-27,31,34H,19-22H2,1-3H3,(H,32,35)/t26-,27-/m0/s1. The number of rotatable bonds is 11. The molecule has 38 heavy (non-hydrogen) atoms. The van der Waals surface area contributed by atoms with Gasteiger partial charge in [0.15, 0.2) is 0 Å². The Balaban J connectivity index is 1.72. The van der Waals surface area contributed by atoms with Crippen LogP contribution in [0.5, 0.6) is 0 Å². The van der Waals surface area contributed by atoms with Gasteiger partial charge < -0.3 is 19.9 Å². The van der Waals surface area contributed by atoms with Crippen LogP contribution in [0.4, 0.5) is 9.59 Å². The number of carbonyl (C=O) groups is 2.